The van der Waals surface area contributed by atoms with Crippen LogP contribution in [0.15, 0.2) is 14.6 Å². The monoisotopic (exact) mass is 302 g/mol. The number of halogens is 2. The van der Waals surface area contributed by atoms with Crippen LogP contribution >= 0.6 is 0 Å². The number of fused-ring (bicyclic) bond motifs is 5. The lowest BCUT2D eigenvalue weighted by molar-refractivity contribution is 0.315. The maximum absolute atomic E-state index is 14.8. The van der Waals surface area contributed by atoms with Crippen LogP contribution < -0.4 is 10.7 Å². The first kappa shape index (κ1) is 13.2. The molecule has 1 aliphatic heterocycles. The summed E-state index contributed by atoms with van der Waals surface area (Å²) in [4.78, 5) is 8.86. The van der Waals surface area contributed by atoms with Gasteiger partial charge in [0.05, 0.1) is 21.5 Å². The van der Waals surface area contributed by atoms with E-state index in [1.807, 2.05) is 0 Å². The number of nitrogens with zero attached hydrogens (tertiary/aromatic N) is 4. The van der Waals surface area contributed by atoms with Crippen LogP contribution in [0.3, 0.4) is 0 Å². The molecule has 0 atom stereocenters. The molecule has 1 aromatic heterocycles. The van der Waals surface area contributed by atoms with Gasteiger partial charge in [-0.15, -0.1) is 0 Å². The second kappa shape index (κ2) is 3.85. The van der Waals surface area contributed by atoms with Crippen molar-refractivity contribution in [2.75, 3.05) is 0 Å². The molecule has 0 fully saturated rings. The second-order valence-electron chi connectivity index (χ2n) is 6.00. The van der Waals surface area contributed by atoms with Crippen LogP contribution in [0.25, 0.3) is 21.8 Å². The van der Waals surface area contributed by atoms with Gasteiger partial charge >= 0.3 is 0 Å². The van der Waals surface area contributed by atoms with Gasteiger partial charge in [-0.3, -0.25) is 9.98 Å². The number of hydrogen-bond acceptors (Lipinski definition) is 5. The average molecular weight is 302 g/mol. The lowest BCUT2D eigenvalue weighted by Crippen LogP contribution is -2.28. The first-order valence-corrected chi connectivity index (χ1v) is 6.83. The van der Waals surface area contributed by atoms with Gasteiger partial charge in [0.25, 0.3) is 0 Å². The summed E-state index contributed by atoms with van der Waals surface area (Å²) in [6, 6.07) is 0. The molecule has 2 heterocycles. The smallest absolute Gasteiger partial charge is 0.146 e. The molecule has 0 amide bonds. The van der Waals surface area contributed by atoms with Crippen LogP contribution in [0.2, 0.25) is 0 Å². The van der Waals surface area contributed by atoms with Crippen LogP contribution in [-0.4, -0.2) is 16.0 Å². The zero-order chi connectivity index (χ0) is 15.8. The molecule has 0 radical (unpaired) electrons. The zero-order valence-electron chi connectivity index (χ0n) is 12.5. The van der Waals surface area contributed by atoms with Crippen molar-refractivity contribution in [3.63, 3.8) is 0 Å². The molecule has 5 nitrogen and oxygen atoms in total. The van der Waals surface area contributed by atoms with Gasteiger partial charge < -0.3 is 0 Å². The van der Waals surface area contributed by atoms with Gasteiger partial charge in [0.2, 0.25) is 0 Å². The highest BCUT2D eigenvalue weighted by atomic mass is 19.1. The molecule has 2 aromatic carbocycles. The predicted octanol–water partition coefficient (Wildman–Crippen LogP) is 2.26. The van der Waals surface area contributed by atoms with E-state index in [-0.39, 0.29) is 27.4 Å². The molecular formula is C15H12F2N4O. The average Bonchev–Trinajstić information content (AvgIpc) is 3.04. The number of aryl methyl sites for hydroxylation is 1. The van der Waals surface area contributed by atoms with Gasteiger partial charge in [-0.05, 0) is 38.0 Å². The van der Waals surface area contributed by atoms with Gasteiger partial charge in [0.15, 0.2) is 0 Å². The molecule has 0 saturated carbocycles. The van der Waals surface area contributed by atoms with Crippen molar-refractivity contribution in [2.45, 2.75) is 33.4 Å². The molecule has 4 rings (SSSR count). The summed E-state index contributed by atoms with van der Waals surface area (Å²) in [5, 5.41) is 8.32. The third kappa shape index (κ3) is 1.45. The number of hydrogen-bond donors (Lipinski definition) is 0. The van der Waals surface area contributed by atoms with Crippen molar-refractivity contribution in [3.8, 4) is 0 Å². The summed E-state index contributed by atoms with van der Waals surface area (Å²) >= 11 is 0. The quantitative estimate of drug-likeness (QED) is 0.640. The molecule has 112 valence electrons. The molecule has 0 saturated heterocycles. The molecular weight excluding hydrogens is 290 g/mol. The summed E-state index contributed by atoms with van der Waals surface area (Å²) in [6.07, 6.45) is 0. The Labute approximate surface area is 123 Å². The van der Waals surface area contributed by atoms with E-state index in [9.17, 15) is 8.78 Å². The van der Waals surface area contributed by atoms with Crippen molar-refractivity contribution in [1.82, 2.24) is 10.3 Å². The molecule has 1 aliphatic rings. The van der Waals surface area contributed by atoms with E-state index in [1.54, 1.807) is 27.7 Å². The minimum atomic E-state index is -0.745. The molecule has 22 heavy (non-hydrogen) atoms. The molecule has 0 bridgehead atoms. The molecule has 0 spiro atoms. The zero-order valence-corrected chi connectivity index (χ0v) is 12.5. The number of benzene rings is 2. The Bertz CT molecular complexity index is 1100. The van der Waals surface area contributed by atoms with Gasteiger partial charge in [-0.25, -0.2) is 13.4 Å². The van der Waals surface area contributed by atoms with Gasteiger partial charge in [-0.1, -0.05) is 0 Å². The van der Waals surface area contributed by atoms with Gasteiger partial charge in [0, 0.05) is 11.1 Å². The van der Waals surface area contributed by atoms with Gasteiger partial charge in [0.1, 0.15) is 28.3 Å². The van der Waals surface area contributed by atoms with Crippen molar-refractivity contribution < 1.29 is 13.4 Å². The van der Waals surface area contributed by atoms with E-state index in [0.29, 0.717) is 16.3 Å². The highest BCUT2D eigenvalue weighted by Gasteiger charge is 2.27. The summed E-state index contributed by atoms with van der Waals surface area (Å²) in [7, 11) is 0. The lowest BCUT2D eigenvalue weighted by atomic mass is 10.00. The van der Waals surface area contributed by atoms with E-state index in [2.05, 4.69) is 24.9 Å². The largest absolute Gasteiger partial charge is 0.253 e. The van der Waals surface area contributed by atoms with Crippen LogP contribution in [0.1, 0.15) is 25.0 Å². The van der Waals surface area contributed by atoms with E-state index in [4.69, 9.17) is 0 Å². The summed E-state index contributed by atoms with van der Waals surface area (Å²) < 4.78 is 34.4. The third-order valence-electron chi connectivity index (χ3n) is 4.02. The minimum absolute atomic E-state index is 0.0484. The Morgan fingerprint density at radius 3 is 2.14 bits per heavy atom. The maximum atomic E-state index is 14.8. The molecule has 0 unspecified atom stereocenters. The van der Waals surface area contributed by atoms with E-state index >= 15 is 0 Å². The Morgan fingerprint density at radius 1 is 0.818 bits per heavy atom. The SMILES string of the molecule is Cc1c(F)c2c(c(F)c(C)c3nonc32)c2c1=NC(C)(C)N=2. The van der Waals surface area contributed by atoms with Crippen LogP contribution in [0, 0.1) is 25.5 Å². The van der Waals surface area contributed by atoms with Crippen LogP contribution in [0.5, 0.6) is 0 Å². The summed E-state index contributed by atoms with van der Waals surface area (Å²) in [6.45, 7) is 6.74. The Morgan fingerprint density at radius 2 is 1.41 bits per heavy atom. The number of aromatic nitrogens is 2. The first-order valence-electron chi connectivity index (χ1n) is 6.83. The molecule has 0 aliphatic carbocycles. The van der Waals surface area contributed by atoms with Crippen molar-refractivity contribution >= 4 is 21.8 Å². The fourth-order valence-electron chi connectivity index (χ4n) is 2.96. The second-order valence-corrected chi connectivity index (χ2v) is 6.00. The minimum Gasteiger partial charge on any atom is -0.253 e. The Balaban J connectivity index is 2.45. The maximum Gasteiger partial charge on any atom is 0.146 e. The fourth-order valence-corrected chi connectivity index (χ4v) is 2.96. The highest BCUT2D eigenvalue weighted by molar-refractivity contribution is 6.05. The third-order valence-corrected chi connectivity index (χ3v) is 4.02. The van der Waals surface area contributed by atoms with E-state index in [1.165, 1.54) is 0 Å². The van der Waals surface area contributed by atoms with E-state index < -0.39 is 17.3 Å². The fraction of sp³-hybridized carbons (Fsp3) is 0.333. The van der Waals surface area contributed by atoms with Crippen molar-refractivity contribution in [3.05, 3.63) is 33.5 Å². The topological polar surface area (TPSA) is 63.6 Å². The van der Waals surface area contributed by atoms with Gasteiger partial charge in [-0.2, -0.15) is 0 Å². The molecule has 0 N–H and O–H groups in total. The van der Waals surface area contributed by atoms with E-state index in [0.717, 1.165) is 0 Å². The van der Waals surface area contributed by atoms with Crippen molar-refractivity contribution in [1.29, 1.82) is 0 Å². The Hall–Kier alpha value is -2.44. The normalized spacial score (nSPS) is 15.9. The first-order chi connectivity index (χ1) is 10.3. The standard InChI is InChI=1S/C15H12F2N4O/c1-5-9(16)8-7(13-11(5)18-15(3,4)19-13)10(17)6(2)12-14(8)21-22-20-12/h1-4H3. The van der Waals surface area contributed by atoms with Crippen LogP contribution in [0.4, 0.5) is 8.78 Å². The molecule has 3 aromatic rings. The number of rotatable bonds is 0. The summed E-state index contributed by atoms with van der Waals surface area (Å²) in [5.74, 6) is -1.13. The van der Waals surface area contributed by atoms with Crippen molar-refractivity contribution in [2.24, 2.45) is 9.98 Å². The predicted molar refractivity (Wildman–Crippen MR) is 75.1 cm³/mol. The summed E-state index contributed by atoms with van der Waals surface area (Å²) in [5.41, 5.74) is 0.263. The van der Waals surface area contributed by atoms with Crippen LogP contribution in [-0.2, 0) is 0 Å². The highest BCUT2D eigenvalue weighted by Crippen LogP contribution is 2.30. The Kier molecular flexibility index (Phi) is 2.32. The molecule has 7 heteroatoms. The lowest BCUT2D eigenvalue weighted by Gasteiger charge is -2.07.